The molecule has 2 aromatic rings. The van der Waals surface area contributed by atoms with Crippen LogP contribution in [0.5, 0.6) is 11.5 Å². The first-order valence-corrected chi connectivity index (χ1v) is 9.96. The van der Waals surface area contributed by atoms with Gasteiger partial charge in [0.05, 0.1) is 25.3 Å². The molecule has 30 heavy (non-hydrogen) atoms. The number of nitrogens with one attached hydrogen (secondary N) is 2. The molecule has 2 amide bonds. The Kier molecular flexibility index (Phi) is 8.30. The second-order valence-electron chi connectivity index (χ2n) is 6.84. The van der Waals surface area contributed by atoms with E-state index < -0.39 is 5.91 Å². The summed E-state index contributed by atoms with van der Waals surface area (Å²) < 4.78 is 10.8. The quantitative estimate of drug-likeness (QED) is 0.607. The zero-order chi connectivity index (χ0) is 22.3. The second-order valence-corrected chi connectivity index (χ2v) is 7.25. The molecular formula is C23H27ClN2O4. The number of halogens is 1. The van der Waals surface area contributed by atoms with Crippen LogP contribution in [0.25, 0.3) is 6.08 Å². The minimum Gasteiger partial charge on any atom is -0.493 e. The average molecular weight is 431 g/mol. The number of aryl methyl sites for hydroxylation is 3. The van der Waals surface area contributed by atoms with Gasteiger partial charge in [-0.15, -0.1) is 0 Å². The Bertz CT molecular complexity index is 947. The van der Waals surface area contributed by atoms with E-state index in [1.54, 1.807) is 18.2 Å². The Morgan fingerprint density at radius 2 is 1.77 bits per heavy atom. The predicted molar refractivity (Wildman–Crippen MR) is 120 cm³/mol. The van der Waals surface area contributed by atoms with Crippen LogP contribution in [0.3, 0.4) is 0 Å². The summed E-state index contributed by atoms with van der Waals surface area (Å²) in [5, 5.41) is 5.81. The maximum Gasteiger partial charge on any atom is 0.244 e. The molecule has 0 aliphatic heterocycles. The Hall–Kier alpha value is -2.99. The van der Waals surface area contributed by atoms with Crippen molar-refractivity contribution < 1.29 is 19.1 Å². The summed E-state index contributed by atoms with van der Waals surface area (Å²) in [6.45, 7) is 8.05. The second kappa shape index (κ2) is 10.7. The molecular weight excluding hydrogens is 404 g/mol. The van der Waals surface area contributed by atoms with Crippen LogP contribution >= 0.6 is 11.6 Å². The number of methoxy groups -OCH3 is 1. The summed E-state index contributed by atoms with van der Waals surface area (Å²) in [6, 6.07) is 7.39. The Morgan fingerprint density at radius 1 is 1.10 bits per heavy atom. The summed E-state index contributed by atoms with van der Waals surface area (Å²) >= 11 is 6.23. The molecule has 0 bridgehead atoms. The van der Waals surface area contributed by atoms with E-state index in [2.05, 4.69) is 10.6 Å². The van der Waals surface area contributed by atoms with Gasteiger partial charge in [0, 0.05) is 11.8 Å². The summed E-state index contributed by atoms with van der Waals surface area (Å²) in [6.07, 6.45) is 2.92. The molecule has 0 spiro atoms. The van der Waals surface area contributed by atoms with E-state index in [0.717, 1.165) is 22.4 Å². The Morgan fingerprint density at radius 3 is 2.37 bits per heavy atom. The number of anilines is 1. The summed E-state index contributed by atoms with van der Waals surface area (Å²) in [7, 11) is 1.52. The van der Waals surface area contributed by atoms with Crippen LogP contribution in [0.1, 0.15) is 29.2 Å². The third-order valence-corrected chi connectivity index (χ3v) is 4.61. The highest BCUT2D eigenvalue weighted by Gasteiger charge is 2.11. The van der Waals surface area contributed by atoms with Gasteiger partial charge in [0.15, 0.2) is 11.5 Å². The van der Waals surface area contributed by atoms with Gasteiger partial charge in [0.2, 0.25) is 11.8 Å². The van der Waals surface area contributed by atoms with Crippen molar-refractivity contribution >= 4 is 35.2 Å². The van der Waals surface area contributed by atoms with Gasteiger partial charge in [0.1, 0.15) is 0 Å². The van der Waals surface area contributed by atoms with Crippen molar-refractivity contribution in [2.24, 2.45) is 0 Å². The standard InChI is InChI=1S/C23H27ClN2O4/c1-6-30-23-18(24)11-17(12-19(23)29-5)7-8-20(27)25-13-21(28)26-22-15(3)9-14(2)10-16(22)4/h7-12H,6,13H2,1-5H3,(H,25,27)(H,26,28). The molecule has 0 aromatic heterocycles. The van der Waals surface area contributed by atoms with Crippen molar-refractivity contribution in [3.05, 3.63) is 57.6 Å². The summed E-state index contributed by atoms with van der Waals surface area (Å²) in [5.74, 6) is 0.248. The topological polar surface area (TPSA) is 76.7 Å². The maximum atomic E-state index is 12.2. The largest absolute Gasteiger partial charge is 0.493 e. The molecule has 2 rings (SSSR count). The lowest BCUT2D eigenvalue weighted by Gasteiger charge is -2.13. The number of ether oxygens (including phenoxy) is 2. The Balaban J connectivity index is 1.97. The first kappa shape index (κ1) is 23.3. The third-order valence-electron chi connectivity index (χ3n) is 4.33. The number of amides is 2. The van der Waals surface area contributed by atoms with E-state index in [1.807, 2.05) is 39.8 Å². The molecule has 0 fully saturated rings. The number of hydrogen-bond acceptors (Lipinski definition) is 4. The first-order valence-electron chi connectivity index (χ1n) is 9.59. The number of hydrogen-bond donors (Lipinski definition) is 2. The lowest BCUT2D eigenvalue weighted by atomic mass is 10.1. The van der Waals surface area contributed by atoms with E-state index in [0.29, 0.717) is 28.7 Å². The lowest BCUT2D eigenvalue weighted by molar-refractivity contribution is -0.121. The average Bonchev–Trinajstić information content (AvgIpc) is 2.69. The lowest BCUT2D eigenvalue weighted by Crippen LogP contribution is -2.32. The van der Waals surface area contributed by atoms with E-state index in [-0.39, 0.29) is 12.5 Å². The molecule has 0 aliphatic rings. The van der Waals surface area contributed by atoms with Gasteiger partial charge in [-0.1, -0.05) is 29.3 Å². The van der Waals surface area contributed by atoms with Gasteiger partial charge < -0.3 is 20.1 Å². The highest BCUT2D eigenvalue weighted by atomic mass is 35.5. The number of carbonyl (C=O) groups is 2. The van der Waals surface area contributed by atoms with Crippen LogP contribution in [0.15, 0.2) is 30.3 Å². The molecule has 0 unspecified atom stereocenters. The fraction of sp³-hybridized carbons (Fsp3) is 0.304. The zero-order valence-corrected chi connectivity index (χ0v) is 18.6. The SMILES string of the molecule is CCOc1c(Cl)cc(C=CC(=O)NCC(=O)Nc2c(C)cc(C)cc2C)cc1OC. The van der Waals surface area contributed by atoms with E-state index in [9.17, 15) is 9.59 Å². The molecule has 0 saturated carbocycles. The van der Waals surface area contributed by atoms with Crippen LogP contribution < -0.4 is 20.1 Å². The van der Waals surface area contributed by atoms with Crippen molar-refractivity contribution in [1.29, 1.82) is 0 Å². The molecule has 2 aromatic carbocycles. The number of benzene rings is 2. The van der Waals surface area contributed by atoms with Gasteiger partial charge >= 0.3 is 0 Å². The van der Waals surface area contributed by atoms with Gasteiger partial charge in [-0.3, -0.25) is 9.59 Å². The Labute approximate surface area is 182 Å². The molecule has 0 aliphatic carbocycles. The van der Waals surface area contributed by atoms with Crippen LogP contribution in [0.2, 0.25) is 5.02 Å². The molecule has 0 radical (unpaired) electrons. The minimum atomic E-state index is -0.397. The highest BCUT2D eigenvalue weighted by molar-refractivity contribution is 6.32. The molecule has 6 nitrogen and oxygen atoms in total. The number of carbonyl (C=O) groups excluding carboxylic acids is 2. The van der Waals surface area contributed by atoms with Gasteiger partial charge in [-0.05, 0) is 62.6 Å². The molecule has 0 heterocycles. The third kappa shape index (κ3) is 6.26. The number of rotatable bonds is 8. The van der Waals surface area contributed by atoms with E-state index in [4.69, 9.17) is 21.1 Å². The smallest absolute Gasteiger partial charge is 0.244 e. The molecule has 2 N–H and O–H groups in total. The first-order chi connectivity index (χ1) is 14.2. The van der Waals surface area contributed by atoms with Crippen LogP contribution in [-0.4, -0.2) is 32.1 Å². The highest BCUT2D eigenvalue weighted by Crippen LogP contribution is 2.36. The maximum absolute atomic E-state index is 12.2. The predicted octanol–water partition coefficient (Wildman–Crippen LogP) is 4.44. The molecule has 0 saturated heterocycles. The van der Waals surface area contributed by atoms with Crippen LogP contribution in [0.4, 0.5) is 5.69 Å². The van der Waals surface area contributed by atoms with Crippen molar-refractivity contribution in [1.82, 2.24) is 5.32 Å². The van der Waals surface area contributed by atoms with E-state index in [1.165, 1.54) is 13.2 Å². The minimum absolute atomic E-state index is 0.136. The van der Waals surface area contributed by atoms with Gasteiger partial charge in [-0.2, -0.15) is 0 Å². The van der Waals surface area contributed by atoms with Crippen LogP contribution in [0, 0.1) is 20.8 Å². The van der Waals surface area contributed by atoms with E-state index >= 15 is 0 Å². The van der Waals surface area contributed by atoms with Crippen molar-refractivity contribution in [3.63, 3.8) is 0 Å². The van der Waals surface area contributed by atoms with Crippen molar-refractivity contribution in [2.45, 2.75) is 27.7 Å². The fourth-order valence-electron chi connectivity index (χ4n) is 3.08. The zero-order valence-electron chi connectivity index (χ0n) is 17.9. The normalized spacial score (nSPS) is 10.7. The molecule has 0 atom stereocenters. The molecule has 160 valence electrons. The van der Waals surface area contributed by atoms with Gasteiger partial charge in [0.25, 0.3) is 0 Å². The summed E-state index contributed by atoms with van der Waals surface area (Å²) in [5.41, 5.74) is 4.53. The van der Waals surface area contributed by atoms with Crippen molar-refractivity contribution in [3.8, 4) is 11.5 Å². The molecule has 7 heteroatoms. The van der Waals surface area contributed by atoms with Gasteiger partial charge in [-0.25, -0.2) is 0 Å². The monoisotopic (exact) mass is 430 g/mol. The fourth-order valence-corrected chi connectivity index (χ4v) is 3.35. The van der Waals surface area contributed by atoms with Crippen LogP contribution in [-0.2, 0) is 9.59 Å². The van der Waals surface area contributed by atoms with Crippen molar-refractivity contribution in [2.75, 3.05) is 25.6 Å². The summed E-state index contributed by atoms with van der Waals surface area (Å²) in [4.78, 5) is 24.3.